The zero-order valence-electron chi connectivity index (χ0n) is 15.3. The van der Waals surface area contributed by atoms with E-state index in [2.05, 4.69) is 21.2 Å². The van der Waals surface area contributed by atoms with E-state index >= 15 is 0 Å². The first-order chi connectivity index (χ1) is 12.5. The maximum Gasteiger partial charge on any atom is 0.251 e. The minimum atomic E-state index is -0.195. The van der Waals surface area contributed by atoms with Gasteiger partial charge in [-0.2, -0.15) is 0 Å². The number of methoxy groups -OCH3 is 1. The Balaban J connectivity index is 1.93. The summed E-state index contributed by atoms with van der Waals surface area (Å²) in [6.07, 6.45) is 0.888. The second-order valence-corrected chi connectivity index (χ2v) is 6.61. The van der Waals surface area contributed by atoms with Gasteiger partial charge in [0, 0.05) is 5.56 Å². The first-order valence-corrected chi connectivity index (χ1v) is 9.32. The van der Waals surface area contributed by atoms with Crippen LogP contribution >= 0.6 is 15.9 Å². The van der Waals surface area contributed by atoms with Crippen molar-refractivity contribution in [1.29, 1.82) is 0 Å². The fourth-order valence-corrected chi connectivity index (χ4v) is 2.89. The van der Waals surface area contributed by atoms with Gasteiger partial charge in [0.15, 0.2) is 11.5 Å². The summed E-state index contributed by atoms with van der Waals surface area (Å²) in [6.45, 7) is 5.41. The Labute approximate surface area is 162 Å². The smallest absolute Gasteiger partial charge is 0.251 e. The number of benzene rings is 2. The number of rotatable bonds is 9. The minimum Gasteiger partial charge on any atom is -0.493 e. The van der Waals surface area contributed by atoms with E-state index in [0.29, 0.717) is 41.3 Å². The number of aryl methyl sites for hydroxylation is 1. The molecule has 0 fully saturated rings. The van der Waals surface area contributed by atoms with Crippen molar-refractivity contribution in [1.82, 2.24) is 5.32 Å². The van der Waals surface area contributed by atoms with Gasteiger partial charge >= 0.3 is 0 Å². The summed E-state index contributed by atoms with van der Waals surface area (Å²) in [5, 5.41) is 2.84. The van der Waals surface area contributed by atoms with Gasteiger partial charge in [-0.3, -0.25) is 4.79 Å². The average Bonchev–Trinajstić information content (AvgIpc) is 2.63. The van der Waals surface area contributed by atoms with Crippen molar-refractivity contribution < 1.29 is 19.0 Å². The maximum absolute atomic E-state index is 12.4. The Morgan fingerprint density at radius 2 is 1.96 bits per heavy atom. The molecule has 0 saturated heterocycles. The molecule has 0 atom stereocenters. The van der Waals surface area contributed by atoms with E-state index in [9.17, 15) is 4.79 Å². The molecule has 0 aromatic heterocycles. The van der Waals surface area contributed by atoms with Gasteiger partial charge in [-0.15, -0.1) is 0 Å². The van der Waals surface area contributed by atoms with E-state index in [0.717, 1.165) is 17.7 Å². The topological polar surface area (TPSA) is 56.8 Å². The molecule has 1 N–H and O–H groups in total. The highest BCUT2D eigenvalue weighted by molar-refractivity contribution is 9.10. The highest BCUT2D eigenvalue weighted by atomic mass is 79.9. The summed E-state index contributed by atoms with van der Waals surface area (Å²) < 4.78 is 17.3. The molecule has 1 amide bonds. The van der Waals surface area contributed by atoms with Crippen LogP contribution < -0.4 is 19.5 Å². The molecular weight excluding hydrogens is 398 g/mol. The van der Waals surface area contributed by atoms with Crippen molar-refractivity contribution in [2.45, 2.75) is 20.3 Å². The lowest BCUT2D eigenvalue weighted by Crippen LogP contribution is -2.28. The minimum absolute atomic E-state index is 0.195. The molecule has 0 spiro atoms. The van der Waals surface area contributed by atoms with Crippen molar-refractivity contribution in [2.75, 3.05) is 26.9 Å². The SMILES string of the molecule is CCCOc1c(Br)cc(C(=O)NCCOc2cccc(C)c2)cc1OC. The van der Waals surface area contributed by atoms with Crippen LogP contribution in [0.25, 0.3) is 0 Å². The van der Waals surface area contributed by atoms with Gasteiger partial charge in [0.1, 0.15) is 12.4 Å². The largest absolute Gasteiger partial charge is 0.493 e. The van der Waals surface area contributed by atoms with E-state index in [-0.39, 0.29) is 5.91 Å². The van der Waals surface area contributed by atoms with Gasteiger partial charge in [0.25, 0.3) is 5.91 Å². The Bertz CT molecular complexity index is 749. The van der Waals surface area contributed by atoms with E-state index in [1.807, 2.05) is 38.1 Å². The number of carbonyl (C=O) groups is 1. The van der Waals surface area contributed by atoms with Crippen molar-refractivity contribution in [3.63, 3.8) is 0 Å². The molecule has 0 aliphatic rings. The van der Waals surface area contributed by atoms with Crippen molar-refractivity contribution in [3.05, 3.63) is 52.0 Å². The average molecular weight is 422 g/mol. The Morgan fingerprint density at radius 1 is 1.15 bits per heavy atom. The fourth-order valence-electron chi connectivity index (χ4n) is 2.34. The molecule has 2 aromatic rings. The number of hydrogen-bond donors (Lipinski definition) is 1. The van der Waals surface area contributed by atoms with Crippen molar-refractivity contribution in [3.8, 4) is 17.2 Å². The lowest BCUT2D eigenvalue weighted by Gasteiger charge is -2.14. The van der Waals surface area contributed by atoms with Crippen LogP contribution in [0.2, 0.25) is 0 Å². The lowest BCUT2D eigenvalue weighted by atomic mass is 10.2. The summed E-state index contributed by atoms with van der Waals surface area (Å²) in [5.41, 5.74) is 1.63. The molecule has 2 aromatic carbocycles. The Hall–Kier alpha value is -2.21. The number of amides is 1. The second kappa shape index (κ2) is 10.1. The summed E-state index contributed by atoms with van der Waals surface area (Å²) >= 11 is 3.45. The highest BCUT2D eigenvalue weighted by Crippen LogP contribution is 2.36. The molecule has 0 heterocycles. The predicted octanol–water partition coefficient (Wildman–Crippen LogP) is 4.36. The normalized spacial score (nSPS) is 10.3. The van der Waals surface area contributed by atoms with Crippen LogP contribution in [0.4, 0.5) is 0 Å². The molecule has 26 heavy (non-hydrogen) atoms. The predicted molar refractivity (Wildman–Crippen MR) is 105 cm³/mol. The number of hydrogen-bond acceptors (Lipinski definition) is 4. The van der Waals surface area contributed by atoms with Gasteiger partial charge < -0.3 is 19.5 Å². The molecule has 6 heteroatoms. The molecule has 0 bridgehead atoms. The maximum atomic E-state index is 12.4. The quantitative estimate of drug-likeness (QED) is 0.610. The molecule has 0 radical (unpaired) electrons. The fraction of sp³-hybridized carbons (Fsp3) is 0.350. The zero-order valence-corrected chi connectivity index (χ0v) is 16.9. The van der Waals surface area contributed by atoms with Crippen LogP contribution in [0.1, 0.15) is 29.3 Å². The molecule has 0 aliphatic heterocycles. The lowest BCUT2D eigenvalue weighted by molar-refractivity contribution is 0.0946. The first-order valence-electron chi connectivity index (χ1n) is 8.53. The zero-order chi connectivity index (χ0) is 18.9. The third kappa shape index (κ3) is 5.66. The van der Waals surface area contributed by atoms with E-state index in [1.54, 1.807) is 19.2 Å². The Kier molecular flexibility index (Phi) is 7.78. The van der Waals surface area contributed by atoms with E-state index < -0.39 is 0 Å². The standard InChI is InChI=1S/C20H24BrNO4/c1-4-9-26-19-17(21)12-15(13-18(19)24-3)20(23)22-8-10-25-16-7-5-6-14(2)11-16/h5-7,11-13H,4,8-10H2,1-3H3,(H,22,23). The van der Waals surface area contributed by atoms with Gasteiger partial charge in [0.05, 0.1) is 24.7 Å². The van der Waals surface area contributed by atoms with Crippen LogP contribution in [0.5, 0.6) is 17.2 Å². The van der Waals surface area contributed by atoms with Gasteiger partial charge in [-0.05, 0) is 59.1 Å². The van der Waals surface area contributed by atoms with Gasteiger partial charge in [-0.25, -0.2) is 0 Å². The molecular formula is C20H24BrNO4. The number of halogens is 1. The monoisotopic (exact) mass is 421 g/mol. The molecule has 5 nitrogen and oxygen atoms in total. The van der Waals surface area contributed by atoms with Gasteiger partial charge in [0.2, 0.25) is 0 Å². The van der Waals surface area contributed by atoms with Crippen LogP contribution in [-0.4, -0.2) is 32.8 Å². The summed E-state index contributed by atoms with van der Waals surface area (Å²) in [6, 6.07) is 11.2. The van der Waals surface area contributed by atoms with Crippen molar-refractivity contribution in [2.24, 2.45) is 0 Å². The van der Waals surface area contributed by atoms with Crippen LogP contribution in [0.15, 0.2) is 40.9 Å². The summed E-state index contributed by atoms with van der Waals surface area (Å²) in [7, 11) is 1.55. The van der Waals surface area contributed by atoms with E-state index in [4.69, 9.17) is 14.2 Å². The second-order valence-electron chi connectivity index (χ2n) is 5.76. The highest BCUT2D eigenvalue weighted by Gasteiger charge is 2.15. The number of ether oxygens (including phenoxy) is 3. The third-order valence-electron chi connectivity index (χ3n) is 3.59. The van der Waals surface area contributed by atoms with Crippen LogP contribution in [0.3, 0.4) is 0 Å². The molecule has 0 saturated carbocycles. The summed E-state index contributed by atoms with van der Waals surface area (Å²) in [5.74, 6) is 1.72. The third-order valence-corrected chi connectivity index (χ3v) is 4.18. The molecule has 140 valence electrons. The first kappa shape index (κ1) is 20.1. The number of carbonyl (C=O) groups excluding carboxylic acids is 1. The summed E-state index contributed by atoms with van der Waals surface area (Å²) in [4.78, 5) is 12.4. The molecule has 2 rings (SSSR count). The molecule has 0 aliphatic carbocycles. The van der Waals surface area contributed by atoms with Crippen LogP contribution in [0, 0.1) is 6.92 Å². The van der Waals surface area contributed by atoms with Gasteiger partial charge in [-0.1, -0.05) is 19.1 Å². The van der Waals surface area contributed by atoms with Crippen molar-refractivity contribution >= 4 is 21.8 Å². The van der Waals surface area contributed by atoms with E-state index in [1.165, 1.54) is 0 Å². The number of nitrogens with one attached hydrogen (secondary N) is 1. The molecule has 0 unspecified atom stereocenters. The van der Waals surface area contributed by atoms with Crippen LogP contribution in [-0.2, 0) is 0 Å². The Morgan fingerprint density at radius 3 is 2.65 bits per heavy atom.